The van der Waals surface area contributed by atoms with Gasteiger partial charge in [-0.15, -0.1) is 0 Å². The Morgan fingerprint density at radius 1 is 1.29 bits per heavy atom. The van der Waals surface area contributed by atoms with Gasteiger partial charge < -0.3 is 15.2 Å². The molecule has 1 fully saturated rings. The number of anilines is 1. The second-order valence-corrected chi connectivity index (χ2v) is 4.66. The van der Waals surface area contributed by atoms with E-state index in [0.29, 0.717) is 11.7 Å². The normalized spacial score (nSPS) is 29.0. The number of rotatable bonds is 2. The Labute approximate surface area is 101 Å². The van der Waals surface area contributed by atoms with Crippen molar-refractivity contribution in [2.75, 3.05) is 5.73 Å². The standard InChI is InChI=1S/C12H19N3O2/c1-7-4-10(5-8(2)16-7)17-12-9(3)11(13)14-6-15-12/h6-8,10H,4-5H2,1-3H3,(H2,13,14,15). The van der Waals surface area contributed by atoms with E-state index >= 15 is 0 Å². The predicted octanol–water partition coefficient (Wildman–Crippen LogP) is 1.70. The van der Waals surface area contributed by atoms with Gasteiger partial charge >= 0.3 is 0 Å². The summed E-state index contributed by atoms with van der Waals surface area (Å²) in [6.07, 6.45) is 3.79. The summed E-state index contributed by atoms with van der Waals surface area (Å²) in [6.45, 7) is 6.00. The molecule has 1 aromatic heterocycles. The summed E-state index contributed by atoms with van der Waals surface area (Å²) in [6, 6.07) is 0. The van der Waals surface area contributed by atoms with Crippen LogP contribution in [-0.4, -0.2) is 28.3 Å². The van der Waals surface area contributed by atoms with Gasteiger partial charge in [0.25, 0.3) is 0 Å². The molecule has 2 N–H and O–H groups in total. The molecule has 1 aliphatic rings. The van der Waals surface area contributed by atoms with Crippen molar-refractivity contribution in [2.24, 2.45) is 0 Å². The van der Waals surface area contributed by atoms with Gasteiger partial charge in [-0.2, -0.15) is 0 Å². The second-order valence-electron chi connectivity index (χ2n) is 4.66. The minimum absolute atomic E-state index is 0.141. The van der Waals surface area contributed by atoms with Crippen molar-refractivity contribution in [1.82, 2.24) is 9.97 Å². The van der Waals surface area contributed by atoms with Crippen LogP contribution in [0.25, 0.3) is 0 Å². The molecule has 1 aliphatic heterocycles. The van der Waals surface area contributed by atoms with Gasteiger partial charge in [0.05, 0.1) is 17.8 Å². The molecule has 0 amide bonds. The Balaban J connectivity index is 2.07. The van der Waals surface area contributed by atoms with E-state index < -0.39 is 0 Å². The number of nitrogen functional groups attached to an aromatic ring is 1. The molecule has 5 nitrogen and oxygen atoms in total. The zero-order chi connectivity index (χ0) is 12.4. The fourth-order valence-corrected chi connectivity index (χ4v) is 2.16. The van der Waals surface area contributed by atoms with Crippen LogP contribution in [0.2, 0.25) is 0 Å². The highest BCUT2D eigenvalue weighted by Crippen LogP contribution is 2.25. The monoisotopic (exact) mass is 237 g/mol. The lowest BCUT2D eigenvalue weighted by Gasteiger charge is -2.32. The molecule has 2 unspecified atom stereocenters. The Bertz CT molecular complexity index is 387. The fourth-order valence-electron chi connectivity index (χ4n) is 2.16. The van der Waals surface area contributed by atoms with E-state index in [0.717, 1.165) is 18.4 Å². The lowest BCUT2D eigenvalue weighted by Crippen LogP contribution is -2.36. The topological polar surface area (TPSA) is 70.3 Å². The third kappa shape index (κ3) is 2.85. The van der Waals surface area contributed by atoms with Crippen molar-refractivity contribution in [3.8, 4) is 5.88 Å². The average Bonchev–Trinajstić information content (AvgIpc) is 2.23. The van der Waals surface area contributed by atoms with Crippen molar-refractivity contribution in [3.05, 3.63) is 11.9 Å². The molecule has 1 saturated heterocycles. The molecule has 2 rings (SSSR count). The average molecular weight is 237 g/mol. The van der Waals surface area contributed by atoms with E-state index in [2.05, 4.69) is 23.8 Å². The summed E-state index contributed by atoms with van der Waals surface area (Å²) in [5.41, 5.74) is 6.53. The van der Waals surface area contributed by atoms with Gasteiger partial charge in [-0.3, -0.25) is 0 Å². The van der Waals surface area contributed by atoms with Crippen molar-refractivity contribution in [2.45, 2.75) is 51.9 Å². The second kappa shape index (κ2) is 4.87. The third-order valence-electron chi connectivity index (χ3n) is 3.01. The lowest BCUT2D eigenvalue weighted by molar-refractivity contribution is -0.0731. The summed E-state index contributed by atoms with van der Waals surface area (Å²) in [5, 5.41) is 0. The Morgan fingerprint density at radius 2 is 1.94 bits per heavy atom. The van der Waals surface area contributed by atoms with Crippen LogP contribution in [0, 0.1) is 6.92 Å². The number of ether oxygens (including phenoxy) is 2. The van der Waals surface area contributed by atoms with Gasteiger partial charge in [-0.05, 0) is 20.8 Å². The maximum absolute atomic E-state index is 5.90. The van der Waals surface area contributed by atoms with Crippen molar-refractivity contribution < 1.29 is 9.47 Å². The van der Waals surface area contributed by atoms with E-state index in [9.17, 15) is 0 Å². The highest BCUT2D eigenvalue weighted by molar-refractivity contribution is 5.43. The van der Waals surface area contributed by atoms with Gasteiger partial charge in [-0.1, -0.05) is 0 Å². The van der Waals surface area contributed by atoms with E-state index in [1.165, 1.54) is 6.33 Å². The highest BCUT2D eigenvalue weighted by atomic mass is 16.5. The Kier molecular flexibility index (Phi) is 3.47. The Hall–Kier alpha value is -1.36. The van der Waals surface area contributed by atoms with Crippen molar-refractivity contribution >= 4 is 5.82 Å². The zero-order valence-corrected chi connectivity index (χ0v) is 10.5. The minimum Gasteiger partial charge on any atom is -0.474 e. The fraction of sp³-hybridized carbons (Fsp3) is 0.667. The first-order valence-corrected chi connectivity index (χ1v) is 5.95. The molecule has 0 bridgehead atoms. The van der Waals surface area contributed by atoms with Gasteiger partial charge in [0.1, 0.15) is 18.2 Å². The molecule has 0 spiro atoms. The molecular formula is C12H19N3O2. The maximum atomic E-state index is 5.90. The summed E-state index contributed by atoms with van der Waals surface area (Å²) in [7, 11) is 0. The Morgan fingerprint density at radius 3 is 2.59 bits per heavy atom. The van der Waals surface area contributed by atoms with E-state index in [4.69, 9.17) is 15.2 Å². The molecule has 94 valence electrons. The lowest BCUT2D eigenvalue weighted by atomic mass is 10.0. The SMILES string of the molecule is Cc1c(N)ncnc1OC1CC(C)OC(C)C1. The molecule has 2 heterocycles. The molecule has 0 aromatic carbocycles. The van der Waals surface area contributed by atoms with Crippen LogP contribution >= 0.6 is 0 Å². The van der Waals surface area contributed by atoms with Crippen molar-refractivity contribution in [1.29, 1.82) is 0 Å². The smallest absolute Gasteiger partial charge is 0.221 e. The number of nitrogens with two attached hydrogens (primary N) is 1. The molecule has 0 saturated carbocycles. The van der Waals surface area contributed by atoms with Crippen LogP contribution in [0.5, 0.6) is 5.88 Å². The van der Waals surface area contributed by atoms with E-state index in [1.54, 1.807) is 0 Å². The van der Waals surface area contributed by atoms with E-state index in [1.807, 2.05) is 6.92 Å². The number of aromatic nitrogens is 2. The molecule has 2 atom stereocenters. The first-order valence-electron chi connectivity index (χ1n) is 5.95. The number of hydrogen-bond acceptors (Lipinski definition) is 5. The van der Waals surface area contributed by atoms with E-state index in [-0.39, 0.29) is 18.3 Å². The van der Waals surface area contributed by atoms with Gasteiger partial charge in [0.15, 0.2) is 0 Å². The molecule has 5 heteroatoms. The van der Waals surface area contributed by atoms with Gasteiger partial charge in [0, 0.05) is 12.8 Å². The molecule has 0 aliphatic carbocycles. The van der Waals surface area contributed by atoms with Crippen LogP contribution in [0.4, 0.5) is 5.82 Å². The van der Waals surface area contributed by atoms with Crippen LogP contribution in [0.1, 0.15) is 32.3 Å². The largest absolute Gasteiger partial charge is 0.474 e. The third-order valence-corrected chi connectivity index (χ3v) is 3.01. The summed E-state index contributed by atoms with van der Waals surface area (Å²) >= 11 is 0. The van der Waals surface area contributed by atoms with Gasteiger partial charge in [-0.25, -0.2) is 9.97 Å². The van der Waals surface area contributed by atoms with Crippen LogP contribution in [0.3, 0.4) is 0 Å². The summed E-state index contributed by atoms with van der Waals surface area (Å²) in [4.78, 5) is 8.05. The van der Waals surface area contributed by atoms with Crippen LogP contribution < -0.4 is 10.5 Å². The zero-order valence-electron chi connectivity index (χ0n) is 10.5. The van der Waals surface area contributed by atoms with Gasteiger partial charge in [0.2, 0.25) is 5.88 Å². The van der Waals surface area contributed by atoms with Crippen molar-refractivity contribution in [3.63, 3.8) is 0 Å². The number of hydrogen-bond donors (Lipinski definition) is 1. The number of nitrogens with zero attached hydrogens (tertiary/aromatic N) is 2. The molecular weight excluding hydrogens is 218 g/mol. The first-order chi connectivity index (χ1) is 8.06. The van der Waals surface area contributed by atoms with Crippen LogP contribution in [0.15, 0.2) is 6.33 Å². The predicted molar refractivity (Wildman–Crippen MR) is 64.8 cm³/mol. The minimum atomic E-state index is 0.141. The first kappa shape index (κ1) is 12.1. The summed E-state index contributed by atoms with van der Waals surface area (Å²) in [5.74, 6) is 1.06. The summed E-state index contributed by atoms with van der Waals surface area (Å²) < 4.78 is 11.6. The highest BCUT2D eigenvalue weighted by Gasteiger charge is 2.26. The quantitative estimate of drug-likeness (QED) is 0.847. The molecule has 0 radical (unpaired) electrons. The van der Waals surface area contributed by atoms with Crippen LogP contribution in [-0.2, 0) is 4.74 Å². The maximum Gasteiger partial charge on any atom is 0.221 e. The molecule has 17 heavy (non-hydrogen) atoms. The molecule has 1 aromatic rings.